The Hall–Kier alpha value is -0.770. The Bertz CT molecular complexity index is 373. The number of hydrogen-bond acceptors (Lipinski definition) is 3. The van der Waals surface area contributed by atoms with Gasteiger partial charge in [-0.2, -0.15) is 0 Å². The van der Waals surface area contributed by atoms with Crippen LogP contribution in [0.25, 0.3) is 0 Å². The van der Waals surface area contributed by atoms with Crippen LogP contribution in [0.5, 0.6) is 0 Å². The molecular weight excluding hydrogens is 278 g/mol. The molecule has 2 rings (SSSR count). The predicted octanol–water partition coefficient (Wildman–Crippen LogP) is 3.44. The monoisotopic (exact) mass is 297 g/mol. The molecule has 0 amide bonds. The van der Waals surface area contributed by atoms with Gasteiger partial charge in [-0.15, -0.1) is 0 Å². The Labute approximate surface area is 112 Å². The van der Waals surface area contributed by atoms with Gasteiger partial charge in [0.25, 0.3) is 0 Å². The van der Waals surface area contributed by atoms with Crippen molar-refractivity contribution in [2.75, 3.05) is 23.7 Å². The molecule has 1 aromatic heterocycles. The number of nitrogens with zero attached hydrogens (tertiary/aromatic N) is 2. The van der Waals surface area contributed by atoms with E-state index in [9.17, 15) is 0 Å². The van der Waals surface area contributed by atoms with Crippen molar-refractivity contribution in [2.45, 2.75) is 32.6 Å². The summed E-state index contributed by atoms with van der Waals surface area (Å²) in [6.07, 6.45) is 7.01. The van der Waals surface area contributed by atoms with Crippen LogP contribution >= 0.6 is 15.9 Å². The fourth-order valence-electron chi connectivity index (χ4n) is 2.55. The van der Waals surface area contributed by atoms with E-state index in [1.165, 1.54) is 25.7 Å². The summed E-state index contributed by atoms with van der Waals surface area (Å²) in [6.45, 7) is 4.44. The molecule has 1 aromatic rings. The van der Waals surface area contributed by atoms with Crippen LogP contribution < -0.4 is 10.6 Å². The van der Waals surface area contributed by atoms with Crippen LogP contribution in [0.1, 0.15) is 32.6 Å². The Kier molecular flexibility index (Phi) is 4.26. The van der Waals surface area contributed by atoms with Gasteiger partial charge in [-0.25, -0.2) is 4.98 Å². The van der Waals surface area contributed by atoms with E-state index in [0.717, 1.165) is 35.0 Å². The van der Waals surface area contributed by atoms with Gasteiger partial charge in [0, 0.05) is 23.8 Å². The minimum Gasteiger partial charge on any atom is -0.396 e. The van der Waals surface area contributed by atoms with Gasteiger partial charge in [-0.1, -0.05) is 19.8 Å². The summed E-state index contributed by atoms with van der Waals surface area (Å²) in [5.74, 6) is 1.84. The second kappa shape index (κ2) is 5.71. The van der Waals surface area contributed by atoms with Crippen molar-refractivity contribution in [1.82, 2.24) is 4.98 Å². The lowest BCUT2D eigenvalue weighted by molar-refractivity contribution is 0.377. The van der Waals surface area contributed by atoms with Crippen molar-refractivity contribution in [2.24, 2.45) is 5.92 Å². The van der Waals surface area contributed by atoms with E-state index in [0.29, 0.717) is 0 Å². The zero-order valence-electron chi connectivity index (χ0n) is 10.3. The van der Waals surface area contributed by atoms with E-state index in [-0.39, 0.29) is 0 Å². The molecule has 2 heterocycles. The normalized spacial score (nSPS) is 17.4. The van der Waals surface area contributed by atoms with Crippen molar-refractivity contribution in [3.63, 3.8) is 0 Å². The SMILES string of the molecule is CCCC1CCN(c2ncc(Br)cc2N)CC1. The largest absolute Gasteiger partial charge is 0.396 e. The zero-order chi connectivity index (χ0) is 12.3. The quantitative estimate of drug-likeness (QED) is 0.929. The molecule has 17 heavy (non-hydrogen) atoms. The molecule has 1 aliphatic heterocycles. The first-order valence-corrected chi connectivity index (χ1v) is 7.16. The molecule has 0 saturated carbocycles. The molecule has 3 nitrogen and oxygen atoms in total. The van der Waals surface area contributed by atoms with E-state index in [4.69, 9.17) is 5.73 Å². The minimum atomic E-state index is 0.772. The number of nitrogen functional groups attached to an aromatic ring is 1. The van der Waals surface area contributed by atoms with Crippen LogP contribution in [-0.2, 0) is 0 Å². The summed E-state index contributed by atoms with van der Waals surface area (Å²) < 4.78 is 0.944. The molecule has 1 saturated heterocycles. The molecule has 0 spiro atoms. The van der Waals surface area contributed by atoms with Gasteiger partial charge in [0.05, 0.1) is 5.69 Å². The van der Waals surface area contributed by atoms with Crippen LogP contribution in [0, 0.1) is 5.92 Å². The Morgan fingerprint density at radius 1 is 1.47 bits per heavy atom. The molecule has 0 aliphatic carbocycles. The Morgan fingerprint density at radius 3 is 2.76 bits per heavy atom. The van der Waals surface area contributed by atoms with Crippen molar-refractivity contribution in [1.29, 1.82) is 0 Å². The van der Waals surface area contributed by atoms with E-state index >= 15 is 0 Å². The number of aromatic nitrogens is 1. The number of halogens is 1. The highest BCUT2D eigenvalue weighted by atomic mass is 79.9. The van der Waals surface area contributed by atoms with E-state index in [1.807, 2.05) is 12.3 Å². The summed E-state index contributed by atoms with van der Waals surface area (Å²) in [5, 5.41) is 0. The lowest BCUT2D eigenvalue weighted by Gasteiger charge is -2.33. The lowest BCUT2D eigenvalue weighted by Crippen LogP contribution is -2.34. The molecule has 1 fully saturated rings. The third kappa shape index (κ3) is 3.12. The molecule has 94 valence electrons. The predicted molar refractivity (Wildman–Crippen MR) is 76.2 cm³/mol. The van der Waals surface area contributed by atoms with Gasteiger partial charge >= 0.3 is 0 Å². The van der Waals surface area contributed by atoms with E-state index in [1.54, 1.807) is 0 Å². The average molecular weight is 298 g/mol. The number of anilines is 2. The van der Waals surface area contributed by atoms with E-state index in [2.05, 4.69) is 32.7 Å². The molecule has 0 radical (unpaired) electrons. The summed E-state index contributed by atoms with van der Waals surface area (Å²) in [4.78, 5) is 6.74. The highest BCUT2D eigenvalue weighted by Gasteiger charge is 2.20. The summed E-state index contributed by atoms with van der Waals surface area (Å²) in [7, 11) is 0. The molecule has 0 aromatic carbocycles. The fraction of sp³-hybridized carbons (Fsp3) is 0.615. The maximum Gasteiger partial charge on any atom is 0.151 e. The maximum atomic E-state index is 6.01. The van der Waals surface area contributed by atoms with Crippen molar-refractivity contribution in [3.05, 3.63) is 16.7 Å². The van der Waals surface area contributed by atoms with Crippen LogP contribution in [0.2, 0.25) is 0 Å². The molecule has 0 unspecified atom stereocenters. The first-order valence-electron chi connectivity index (χ1n) is 6.36. The third-order valence-electron chi connectivity index (χ3n) is 3.47. The van der Waals surface area contributed by atoms with Gasteiger partial charge in [-0.05, 0) is 40.8 Å². The van der Waals surface area contributed by atoms with Gasteiger partial charge in [0.15, 0.2) is 5.82 Å². The highest BCUT2D eigenvalue weighted by Crippen LogP contribution is 2.29. The van der Waals surface area contributed by atoms with Gasteiger partial charge in [-0.3, -0.25) is 0 Å². The first kappa shape index (κ1) is 12.7. The molecular formula is C13H20BrN3. The van der Waals surface area contributed by atoms with Gasteiger partial charge in [0.2, 0.25) is 0 Å². The Morgan fingerprint density at radius 2 is 2.18 bits per heavy atom. The molecule has 1 aliphatic rings. The highest BCUT2D eigenvalue weighted by molar-refractivity contribution is 9.10. The standard InChI is InChI=1S/C13H20BrN3/c1-2-3-10-4-6-17(7-5-10)13-12(15)8-11(14)9-16-13/h8-10H,2-7,15H2,1H3. The Balaban J connectivity index is 2.00. The summed E-state index contributed by atoms with van der Waals surface area (Å²) in [6, 6.07) is 1.93. The first-order chi connectivity index (χ1) is 8.20. The second-order valence-corrected chi connectivity index (χ2v) is 5.70. The average Bonchev–Trinajstić information content (AvgIpc) is 2.31. The molecule has 4 heteroatoms. The molecule has 0 bridgehead atoms. The maximum absolute atomic E-state index is 6.01. The van der Waals surface area contributed by atoms with Crippen molar-refractivity contribution >= 4 is 27.4 Å². The van der Waals surface area contributed by atoms with E-state index < -0.39 is 0 Å². The number of pyridine rings is 1. The smallest absolute Gasteiger partial charge is 0.151 e. The van der Waals surface area contributed by atoms with Crippen LogP contribution in [0.4, 0.5) is 11.5 Å². The van der Waals surface area contributed by atoms with Gasteiger partial charge in [0.1, 0.15) is 0 Å². The van der Waals surface area contributed by atoms with Crippen LogP contribution in [-0.4, -0.2) is 18.1 Å². The van der Waals surface area contributed by atoms with Gasteiger partial charge < -0.3 is 10.6 Å². The third-order valence-corrected chi connectivity index (χ3v) is 3.91. The fourth-order valence-corrected chi connectivity index (χ4v) is 2.90. The van der Waals surface area contributed by atoms with Crippen LogP contribution in [0.3, 0.4) is 0 Å². The number of piperidine rings is 1. The number of hydrogen-bond donors (Lipinski definition) is 1. The van der Waals surface area contributed by atoms with Crippen molar-refractivity contribution < 1.29 is 0 Å². The van der Waals surface area contributed by atoms with Crippen LogP contribution in [0.15, 0.2) is 16.7 Å². The number of nitrogens with two attached hydrogens (primary N) is 1. The molecule has 0 atom stereocenters. The number of rotatable bonds is 3. The lowest BCUT2D eigenvalue weighted by atomic mass is 9.92. The zero-order valence-corrected chi connectivity index (χ0v) is 11.9. The topological polar surface area (TPSA) is 42.2 Å². The minimum absolute atomic E-state index is 0.772. The summed E-state index contributed by atoms with van der Waals surface area (Å²) >= 11 is 3.39. The van der Waals surface area contributed by atoms with Crippen molar-refractivity contribution in [3.8, 4) is 0 Å². The molecule has 2 N–H and O–H groups in total. The second-order valence-electron chi connectivity index (χ2n) is 4.79. The summed E-state index contributed by atoms with van der Waals surface area (Å²) in [5.41, 5.74) is 6.78.